The van der Waals surface area contributed by atoms with Crippen molar-refractivity contribution in [3.05, 3.63) is 57.9 Å². The maximum atomic E-state index is 12.5. The number of hydrogen-bond acceptors (Lipinski definition) is 5. The van der Waals surface area contributed by atoms with E-state index in [9.17, 15) is 13.2 Å². The molecule has 8 heteroatoms. The predicted molar refractivity (Wildman–Crippen MR) is 122 cm³/mol. The van der Waals surface area contributed by atoms with Crippen molar-refractivity contribution in [2.75, 3.05) is 0 Å². The summed E-state index contributed by atoms with van der Waals surface area (Å²) in [5, 5.41) is 4.15. The van der Waals surface area contributed by atoms with Gasteiger partial charge in [-0.3, -0.25) is 0 Å². The zero-order valence-corrected chi connectivity index (χ0v) is 19.6. The number of ether oxygens (including phenoxy) is 1. The van der Waals surface area contributed by atoms with Crippen molar-refractivity contribution >= 4 is 11.8 Å². The van der Waals surface area contributed by atoms with Crippen LogP contribution in [0.15, 0.2) is 51.5 Å². The van der Waals surface area contributed by atoms with Gasteiger partial charge in [0.1, 0.15) is 16.6 Å². The van der Waals surface area contributed by atoms with Crippen molar-refractivity contribution in [1.29, 1.82) is 0 Å². The molecule has 0 saturated heterocycles. The first-order valence-electron chi connectivity index (χ1n) is 10.7. The molecule has 32 heavy (non-hydrogen) atoms. The van der Waals surface area contributed by atoms with Crippen LogP contribution in [0.25, 0.3) is 11.3 Å². The molecule has 1 saturated carbocycles. The first-order valence-corrected chi connectivity index (χ1v) is 11.5. The Morgan fingerprint density at radius 1 is 1.16 bits per heavy atom. The monoisotopic (exact) mass is 463 g/mol. The highest BCUT2D eigenvalue weighted by atomic mass is 32.2. The van der Waals surface area contributed by atoms with Crippen molar-refractivity contribution in [3.8, 4) is 17.0 Å². The van der Waals surface area contributed by atoms with Gasteiger partial charge in [0, 0.05) is 11.1 Å². The van der Waals surface area contributed by atoms with E-state index in [1.54, 1.807) is 23.9 Å². The molecule has 0 unspecified atom stereocenters. The van der Waals surface area contributed by atoms with Crippen LogP contribution in [-0.4, -0.2) is 16.3 Å². The van der Waals surface area contributed by atoms with Crippen molar-refractivity contribution < 1.29 is 17.9 Å². The molecule has 3 rings (SSSR count). The fraction of sp³-hybridized carbons (Fsp3) is 0.417. The van der Waals surface area contributed by atoms with Gasteiger partial charge in [-0.1, -0.05) is 29.8 Å². The van der Waals surface area contributed by atoms with Crippen LogP contribution in [0.4, 0.5) is 13.2 Å². The normalized spacial score (nSPS) is 14.5. The Bertz CT molecular complexity index is 1010. The van der Waals surface area contributed by atoms with E-state index in [0.717, 1.165) is 29.9 Å². The second-order valence-corrected chi connectivity index (χ2v) is 9.02. The lowest BCUT2D eigenvalue weighted by Crippen LogP contribution is -2.17. The highest BCUT2D eigenvalue weighted by Crippen LogP contribution is 2.35. The van der Waals surface area contributed by atoms with Crippen molar-refractivity contribution in [2.45, 2.75) is 71.3 Å². The van der Waals surface area contributed by atoms with Crippen molar-refractivity contribution in [1.82, 2.24) is 15.3 Å². The average Bonchev–Trinajstić information content (AvgIpc) is 2.70. The summed E-state index contributed by atoms with van der Waals surface area (Å²) in [5.41, 5.74) is 5.00. The Balaban J connectivity index is 1.93. The van der Waals surface area contributed by atoms with Gasteiger partial charge in [0.05, 0.1) is 12.2 Å². The predicted octanol–water partition coefficient (Wildman–Crippen LogP) is 7.30. The average molecular weight is 464 g/mol. The number of rotatable bonds is 8. The number of benzene rings is 1. The second-order valence-electron chi connectivity index (χ2n) is 7.82. The maximum Gasteiger partial charge on any atom is 0.573 e. The van der Waals surface area contributed by atoms with E-state index in [1.807, 2.05) is 13.1 Å². The molecule has 1 aliphatic rings. The van der Waals surface area contributed by atoms with Gasteiger partial charge >= 0.3 is 6.36 Å². The highest BCUT2D eigenvalue weighted by Gasteiger charge is 2.31. The molecule has 1 aliphatic carbocycles. The van der Waals surface area contributed by atoms with Crippen molar-refractivity contribution in [3.63, 3.8) is 0 Å². The van der Waals surface area contributed by atoms with Crippen LogP contribution in [0.1, 0.15) is 57.8 Å². The number of aromatic nitrogens is 2. The SMILES string of the molecule is CC/C(C)=C(\C)Sc1nc(CNC=C2CCC2)nc(-c2ccc(OC(F)(F)F)cc2)c1C. The maximum absolute atomic E-state index is 12.5. The Hall–Kier alpha value is -2.48. The number of nitrogens with zero attached hydrogens (tertiary/aromatic N) is 2. The fourth-order valence-corrected chi connectivity index (χ4v) is 4.12. The number of halogens is 3. The van der Waals surface area contributed by atoms with E-state index in [0.29, 0.717) is 23.6 Å². The van der Waals surface area contributed by atoms with Crippen LogP contribution in [0, 0.1) is 6.92 Å². The first-order chi connectivity index (χ1) is 15.2. The summed E-state index contributed by atoms with van der Waals surface area (Å²) in [6.07, 6.45) is 1.76. The van der Waals surface area contributed by atoms with E-state index >= 15 is 0 Å². The Morgan fingerprint density at radius 2 is 1.84 bits per heavy atom. The molecule has 0 aliphatic heterocycles. The number of nitrogens with one attached hydrogen (secondary N) is 1. The van der Waals surface area contributed by atoms with Crippen molar-refractivity contribution in [2.24, 2.45) is 0 Å². The van der Waals surface area contributed by atoms with Gasteiger partial charge in [0.15, 0.2) is 0 Å². The lowest BCUT2D eigenvalue weighted by atomic mass is 9.94. The van der Waals surface area contributed by atoms with Crippen LogP contribution in [0.2, 0.25) is 0 Å². The standard InChI is InChI=1S/C24H28F3N3OS/c1-5-15(2)17(4)32-23-16(3)22(19-9-11-20(12-10-19)31-24(25,26)27)29-21(30-23)14-28-13-18-7-6-8-18/h9-13,28H,5-8,14H2,1-4H3/b17-15+. The van der Waals surface area contributed by atoms with E-state index in [4.69, 9.17) is 9.97 Å². The van der Waals surface area contributed by atoms with E-state index in [-0.39, 0.29) is 5.75 Å². The molecule has 2 aromatic rings. The van der Waals surface area contributed by atoms with E-state index in [1.165, 1.54) is 34.6 Å². The number of hydrogen-bond donors (Lipinski definition) is 1. The Kier molecular flexibility index (Phi) is 7.87. The molecule has 0 radical (unpaired) electrons. The van der Waals surface area contributed by atoms with Gasteiger partial charge in [-0.25, -0.2) is 9.97 Å². The van der Waals surface area contributed by atoms with Gasteiger partial charge in [0.2, 0.25) is 0 Å². The van der Waals surface area contributed by atoms with Crippen LogP contribution in [0.5, 0.6) is 5.75 Å². The van der Waals surface area contributed by atoms with Gasteiger partial charge < -0.3 is 10.1 Å². The Morgan fingerprint density at radius 3 is 2.41 bits per heavy atom. The van der Waals surface area contributed by atoms with Crippen LogP contribution >= 0.6 is 11.8 Å². The second kappa shape index (κ2) is 10.4. The largest absolute Gasteiger partial charge is 0.573 e. The molecule has 1 fully saturated rings. The molecule has 172 valence electrons. The smallest absolute Gasteiger partial charge is 0.406 e. The number of thioether (sulfide) groups is 1. The van der Waals surface area contributed by atoms with Crippen LogP contribution in [0.3, 0.4) is 0 Å². The molecule has 0 bridgehead atoms. The topological polar surface area (TPSA) is 47.0 Å². The van der Waals surface area contributed by atoms with Crippen LogP contribution < -0.4 is 10.1 Å². The Labute approximate surface area is 191 Å². The van der Waals surface area contributed by atoms with E-state index in [2.05, 4.69) is 30.8 Å². The number of alkyl halides is 3. The fourth-order valence-electron chi connectivity index (χ4n) is 3.11. The molecule has 1 heterocycles. The molecule has 1 aromatic heterocycles. The summed E-state index contributed by atoms with van der Waals surface area (Å²) >= 11 is 1.60. The minimum atomic E-state index is -4.72. The summed E-state index contributed by atoms with van der Waals surface area (Å²) in [4.78, 5) is 10.7. The minimum absolute atomic E-state index is 0.256. The summed E-state index contributed by atoms with van der Waals surface area (Å²) in [6.45, 7) is 8.72. The molecule has 1 aromatic carbocycles. The number of allylic oxidation sites excluding steroid dienone is 3. The zero-order valence-electron chi connectivity index (χ0n) is 18.8. The zero-order chi connectivity index (χ0) is 23.3. The first kappa shape index (κ1) is 24.2. The van der Waals surface area contributed by atoms with Crippen LogP contribution in [-0.2, 0) is 6.54 Å². The third-order valence-corrected chi connectivity index (χ3v) is 6.70. The molecular weight excluding hydrogens is 435 g/mol. The summed E-state index contributed by atoms with van der Waals surface area (Å²) in [6, 6.07) is 5.81. The van der Waals surface area contributed by atoms with Gasteiger partial charge in [0.25, 0.3) is 0 Å². The molecule has 4 nitrogen and oxygen atoms in total. The quantitative estimate of drug-likeness (QED) is 0.329. The van der Waals surface area contributed by atoms with Gasteiger partial charge in [-0.2, -0.15) is 0 Å². The molecule has 1 N–H and O–H groups in total. The molecule has 0 atom stereocenters. The summed E-state index contributed by atoms with van der Waals surface area (Å²) in [5.74, 6) is 0.385. The van der Waals surface area contributed by atoms with Gasteiger partial charge in [-0.15, -0.1) is 13.2 Å². The van der Waals surface area contributed by atoms with Gasteiger partial charge in [-0.05, 0) is 81.8 Å². The van der Waals surface area contributed by atoms with E-state index < -0.39 is 6.36 Å². The summed E-state index contributed by atoms with van der Waals surface area (Å²) in [7, 11) is 0. The molecular formula is C24H28F3N3OS. The summed E-state index contributed by atoms with van der Waals surface area (Å²) < 4.78 is 41.5. The third-order valence-electron chi connectivity index (χ3n) is 5.45. The molecule has 0 amide bonds. The minimum Gasteiger partial charge on any atom is -0.406 e. The molecule has 0 spiro atoms. The lowest BCUT2D eigenvalue weighted by Gasteiger charge is -2.17. The third kappa shape index (κ3) is 6.51. The lowest BCUT2D eigenvalue weighted by molar-refractivity contribution is -0.274. The highest BCUT2D eigenvalue weighted by molar-refractivity contribution is 8.03.